The molecular formula is C14H16ClN3O. The fraction of sp³-hybridized carbons (Fsp3) is 0.357. The van der Waals surface area contributed by atoms with Gasteiger partial charge in [0.2, 0.25) is 0 Å². The number of amides is 1. The van der Waals surface area contributed by atoms with E-state index in [1.165, 1.54) is 0 Å². The van der Waals surface area contributed by atoms with Gasteiger partial charge in [0.05, 0.1) is 11.0 Å². The van der Waals surface area contributed by atoms with Gasteiger partial charge in [-0.05, 0) is 31.5 Å². The number of nitrogens with zero attached hydrogens (tertiary/aromatic N) is 3. The van der Waals surface area contributed by atoms with Crippen LogP contribution in [0.3, 0.4) is 0 Å². The van der Waals surface area contributed by atoms with Crippen molar-refractivity contribution in [2.75, 3.05) is 19.0 Å². The van der Waals surface area contributed by atoms with Crippen LogP contribution in [0.1, 0.15) is 23.7 Å². The molecule has 0 bridgehead atoms. The molecule has 5 heteroatoms. The number of aromatic nitrogens is 2. The van der Waals surface area contributed by atoms with E-state index in [9.17, 15) is 4.79 Å². The van der Waals surface area contributed by atoms with Crippen molar-refractivity contribution >= 4 is 28.5 Å². The Morgan fingerprint density at radius 1 is 1.26 bits per heavy atom. The number of halogens is 1. The van der Waals surface area contributed by atoms with E-state index in [-0.39, 0.29) is 5.91 Å². The maximum Gasteiger partial charge on any atom is 0.253 e. The van der Waals surface area contributed by atoms with E-state index < -0.39 is 0 Å². The largest absolute Gasteiger partial charge is 0.339 e. The third kappa shape index (κ3) is 3.20. The molecule has 0 radical (unpaired) electrons. The fourth-order valence-electron chi connectivity index (χ4n) is 1.93. The summed E-state index contributed by atoms with van der Waals surface area (Å²) in [7, 11) is 0. The van der Waals surface area contributed by atoms with Crippen LogP contribution < -0.4 is 0 Å². The Bertz CT molecular complexity index is 573. The predicted molar refractivity (Wildman–Crippen MR) is 76.5 cm³/mol. The molecule has 2 rings (SSSR count). The van der Waals surface area contributed by atoms with Gasteiger partial charge < -0.3 is 4.90 Å². The third-order valence-corrected chi connectivity index (χ3v) is 3.21. The summed E-state index contributed by atoms with van der Waals surface area (Å²) in [4.78, 5) is 22.6. The highest BCUT2D eigenvalue weighted by atomic mass is 35.5. The smallest absolute Gasteiger partial charge is 0.253 e. The molecule has 2 aromatic rings. The van der Waals surface area contributed by atoms with E-state index in [0.717, 1.165) is 17.5 Å². The maximum atomic E-state index is 12.4. The number of fused-ring (bicyclic) bond motifs is 1. The molecule has 0 saturated heterocycles. The number of benzene rings is 1. The third-order valence-electron chi connectivity index (χ3n) is 2.95. The lowest BCUT2D eigenvalue weighted by molar-refractivity contribution is 0.0765. The minimum atomic E-state index is 0.0140. The van der Waals surface area contributed by atoms with Gasteiger partial charge in [0, 0.05) is 36.9 Å². The van der Waals surface area contributed by atoms with E-state index in [1.807, 2.05) is 13.0 Å². The van der Waals surface area contributed by atoms with Crippen molar-refractivity contribution in [2.45, 2.75) is 13.3 Å². The summed E-state index contributed by atoms with van der Waals surface area (Å²) < 4.78 is 0. The summed E-state index contributed by atoms with van der Waals surface area (Å²) in [6.07, 6.45) is 4.07. The van der Waals surface area contributed by atoms with Crippen molar-refractivity contribution in [3.63, 3.8) is 0 Å². The lowest BCUT2D eigenvalue weighted by Gasteiger charge is -2.20. The summed E-state index contributed by atoms with van der Waals surface area (Å²) >= 11 is 5.68. The van der Waals surface area contributed by atoms with Gasteiger partial charge in [-0.1, -0.05) is 0 Å². The maximum absolute atomic E-state index is 12.4. The van der Waals surface area contributed by atoms with Crippen LogP contribution in [0.2, 0.25) is 0 Å². The average Bonchev–Trinajstić information content (AvgIpc) is 2.47. The molecule has 0 atom stereocenters. The monoisotopic (exact) mass is 277 g/mol. The Kier molecular flexibility index (Phi) is 4.68. The summed E-state index contributed by atoms with van der Waals surface area (Å²) in [5.41, 5.74) is 2.18. The van der Waals surface area contributed by atoms with Crippen LogP contribution in [0.4, 0.5) is 0 Å². The van der Waals surface area contributed by atoms with Crippen molar-refractivity contribution < 1.29 is 4.79 Å². The quantitative estimate of drug-likeness (QED) is 0.790. The second-order valence-corrected chi connectivity index (χ2v) is 4.57. The molecule has 0 fully saturated rings. The van der Waals surface area contributed by atoms with Crippen LogP contribution in [0, 0.1) is 0 Å². The molecule has 0 spiro atoms. The van der Waals surface area contributed by atoms with Crippen LogP contribution in [-0.2, 0) is 0 Å². The Balaban J connectivity index is 2.24. The van der Waals surface area contributed by atoms with Crippen molar-refractivity contribution in [3.8, 4) is 0 Å². The Morgan fingerprint density at radius 2 is 2.00 bits per heavy atom. The normalized spacial score (nSPS) is 10.6. The van der Waals surface area contributed by atoms with E-state index in [4.69, 9.17) is 11.6 Å². The van der Waals surface area contributed by atoms with Crippen LogP contribution in [0.25, 0.3) is 11.0 Å². The van der Waals surface area contributed by atoms with E-state index >= 15 is 0 Å². The summed E-state index contributed by atoms with van der Waals surface area (Å²) in [6, 6.07) is 5.40. The van der Waals surface area contributed by atoms with Crippen LogP contribution in [0.15, 0.2) is 30.6 Å². The second-order valence-electron chi connectivity index (χ2n) is 4.19. The van der Waals surface area contributed by atoms with Gasteiger partial charge in [-0.25, -0.2) is 0 Å². The van der Waals surface area contributed by atoms with Crippen molar-refractivity contribution in [2.24, 2.45) is 0 Å². The zero-order valence-corrected chi connectivity index (χ0v) is 11.6. The van der Waals surface area contributed by atoms with Gasteiger partial charge in [0.15, 0.2) is 0 Å². The lowest BCUT2D eigenvalue weighted by Crippen LogP contribution is -2.32. The highest BCUT2D eigenvalue weighted by Gasteiger charge is 2.14. The van der Waals surface area contributed by atoms with Gasteiger partial charge in [-0.15, -0.1) is 11.6 Å². The van der Waals surface area contributed by atoms with Crippen LogP contribution >= 0.6 is 11.6 Å². The standard InChI is InChI=1S/C14H16ClN3O/c1-2-18(9-3-6-15)14(19)11-4-5-12-13(10-11)17-8-7-16-12/h4-5,7-8,10H,2-3,6,9H2,1H3. The van der Waals surface area contributed by atoms with Gasteiger partial charge in [-0.2, -0.15) is 0 Å². The van der Waals surface area contributed by atoms with E-state index in [2.05, 4.69) is 9.97 Å². The van der Waals surface area contributed by atoms with E-state index in [1.54, 1.807) is 29.4 Å². The first-order chi connectivity index (χ1) is 9.26. The highest BCUT2D eigenvalue weighted by Crippen LogP contribution is 2.13. The molecule has 0 aliphatic heterocycles. The topological polar surface area (TPSA) is 46.1 Å². The van der Waals surface area contributed by atoms with Crippen molar-refractivity contribution in [1.82, 2.24) is 14.9 Å². The molecule has 0 N–H and O–H groups in total. The molecule has 0 saturated carbocycles. The minimum Gasteiger partial charge on any atom is -0.339 e. The SMILES string of the molecule is CCN(CCCCl)C(=O)c1ccc2nccnc2c1. The number of alkyl halides is 1. The molecule has 0 aliphatic carbocycles. The van der Waals surface area contributed by atoms with Crippen molar-refractivity contribution in [3.05, 3.63) is 36.2 Å². The first-order valence-electron chi connectivity index (χ1n) is 6.32. The van der Waals surface area contributed by atoms with Gasteiger partial charge >= 0.3 is 0 Å². The Morgan fingerprint density at radius 3 is 2.68 bits per heavy atom. The predicted octanol–water partition coefficient (Wildman–Crippen LogP) is 2.72. The molecule has 1 amide bonds. The Labute approximate surface area is 117 Å². The van der Waals surface area contributed by atoms with Crippen LogP contribution in [0.5, 0.6) is 0 Å². The molecule has 1 aromatic heterocycles. The highest BCUT2D eigenvalue weighted by molar-refractivity contribution is 6.17. The zero-order valence-electron chi connectivity index (χ0n) is 10.8. The number of carbonyl (C=O) groups excluding carboxylic acids is 1. The lowest BCUT2D eigenvalue weighted by atomic mass is 10.1. The minimum absolute atomic E-state index is 0.0140. The number of carbonyl (C=O) groups is 1. The summed E-state index contributed by atoms with van der Waals surface area (Å²) in [5.74, 6) is 0.577. The molecular weight excluding hydrogens is 262 g/mol. The molecule has 1 aromatic carbocycles. The summed E-state index contributed by atoms with van der Waals surface area (Å²) in [6.45, 7) is 3.32. The van der Waals surface area contributed by atoms with Crippen molar-refractivity contribution in [1.29, 1.82) is 0 Å². The molecule has 0 unspecified atom stereocenters. The first-order valence-corrected chi connectivity index (χ1v) is 6.85. The van der Waals surface area contributed by atoms with Gasteiger partial charge in [0.1, 0.15) is 0 Å². The molecule has 1 heterocycles. The van der Waals surface area contributed by atoms with Gasteiger partial charge in [0.25, 0.3) is 5.91 Å². The second kappa shape index (κ2) is 6.48. The fourth-order valence-corrected chi connectivity index (χ4v) is 2.05. The number of hydrogen-bond donors (Lipinski definition) is 0. The number of hydrogen-bond acceptors (Lipinski definition) is 3. The first kappa shape index (κ1) is 13.7. The molecule has 19 heavy (non-hydrogen) atoms. The van der Waals surface area contributed by atoms with Gasteiger partial charge in [-0.3, -0.25) is 14.8 Å². The molecule has 4 nitrogen and oxygen atoms in total. The zero-order chi connectivity index (χ0) is 13.7. The van der Waals surface area contributed by atoms with E-state index in [0.29, 0.717) is 24.5 Å². The molecule has 0 aliphatic rings. The average molecular weight is 278 g/mol. The van der Waals surface area contributed by atoms with Crippen LogP contribution in [-0.4, -0.2) is 39.7 Å². The molecule has 100 valence electrons. The number of rotatable bonds is 5. The Hall–Kier alpha value is -1.68. The summed E-state index contributed by atoms with van der Waals surface area (Å²) in [5, 5.41) is 0.